The van der Waals surface area contributed by atoms with Gasteiger partial charge in [-0.15, -0.1) is 0 Å². The van der Waals surface area contributed by atoms with Crippen LogP contribution in [0, 0.1) is 102 Å². The molecule has 0 radical (unpaired) electrons. The lowest BCUT2D eigenvalue weighted by atomic mass is 9.91. The van der Waals surface area contributed by atoms with Crippen LogP contribution in [0.2, 0.25) is 0 Å². The van der Waals surface area contributed by atoms with E-state index in [4.69, 9.17) is 0 Å². The molecule has 0 aliphatic carbocycles. The van der Waals surface area contributed by atoms with Gasteiger partial charge in [0.25, 0.3) is 0 Å². The molecule has 0 spiro atoms. The van der Waals surface area contributed by atoms with Crippen molar-refractivity contribution in [3.63, 3.8) is 0 Å². The lowest BCUT2D eigenvalue weighted by molar-refractivity contribution is 0.585. The van der Waals surface area contributed by atoms with Gasteiger partial charge in [-0.25, -0.2) is 35.1 Å². The minimum Gasteiger partial charge on any atom is -0.307 e. The maximum atomic E-state index is 16.5. The Kier molecular flexibility index (Phi) is 20.3. The summed E-state index contributed by atoms with van der Waals surface area (Å²) in [6.07, 6.45) is 0. The molecule has 0 aliphatic rings. The highest BCUT2D eigenvalue weighted by Gasteiger charge is 2.31. The Morgan fingerprint density at radius 1 is 0.169 bits per heavy atom. The summed E-state index contributed by atoms with van der Waals surface area (Å²) >= 11 is 0. The van der Waals surface area contributed by atoms with E-state index in [0.29, 0.717) is 90.0 Å². The monoisotopic (exact) mass is 1630 g/mol. The quantitative estimate of drug-likeness (QED) is 0.0706. The Morgan fingerprint density at radius 3 is 0.661 bits per heavy atom. The van der Waals surface area contributed by atoms with Gasteiger partial charge < -0.3 is 19.6 Å². The third kappa shape index (κ3) is 13.9. The lowest BCUT2D eigenvalue weighted by Gasteiger charge is -2.30. The van der Waals surface area contributed by atoms with Crippen LogP contribution in [0.1, 0.15) is 44.5 Å². The van der Waals surface area contributed by atoms with E-state index >= 15 is 35.1 Å². The van der Waals surface area contributed by atoms with E-state index in [0.717, 1.165) is 133 Å². The molecule has 0 aromatic heterocycles. The van der Waals surface area contributed by atoms with Crippen molar-refractivity contribution in [1.29, 1.82) is 0 Å². The van der Waals surface area contributed by atoms with Crippen molar-refractivity contribution >= 4 is 133 Å². The van der Waals surface area contributed by atoms with Crippen molar-refractivity contribution in [1.82, 2.24) is 0 Å². The Hall–Kier alpha value is -14.9. The number of rotatable bonds is 16. The standard InChI is InChI=1S/2C56H40F4N2/c1-33-13-11-19-41(35(33)3)45-29-53(49(59)31-47(45)57)61(39-15-7-5-8-16-39)51-27-23-37-22-26-44-52(28-24-38-21-25-43(51)55(37)56(38)44)62(40-17-9-6-10-18-40)54-30-46(48(58)32-50(54)60)42-20-12-14-34(2)36(42)4;1-33-15-21-41(35(3)27-33)45-29-53(49(59)31-47(45)57)61(39-11-7-5-8-12-39)51-25-19-37-18-24-44-52(26-20-38-17-23-43(51)55(37)56(38)44)62(40-13-9-6-10-14-40)54-30-46(48(58)32-50(54)60)42-22-16-34(2)28-36(42)4/h2*5-32H,1-4H3. The second-order valence-corrected chi connectivity index (χ2v) is 32.1. The normalized spacial score (nSPS) is 11.5. The summed E-state index contributed by atoms with van der Waals surface area (Å²) in [5.41, 5.74) is 18.1. The molecule has 0 saturated heterocycles. The number of nitrogens with zero attached hydrogens (tertiary/aromatic N) is 4. The number of anilines is 12. The summed E-state index contributed by atoms with van der Waals surface area (Å²) in [5, 5.41) is 10.9. The van der Waals surface area contributed by atoms with Gasteiger partial charge in [-0.1, -0.05) is 230 Å². The first-order chi connectivity index (χ1) is 60.1. The Bertz CT molecular complexity index is 7140. The maximum absolute atomic E-state index is 16.5. The molecule has 604 valence electrons. The smallest absolute Gasteiger partial charge is 0.150 e. The summed E-state index contributed by atoms with van der Waals surface area (Å²) in [6.45, 7) is 15.7. The van der Waals surface area contributed by atoms with Crippen LogP contribution in [-0.4, -0.2) is 0 Å². The van der Waals surface area contributed by atoms with E-state index < -0.39 is 46.5 Å². The van der Waals surface area contributed by atoms with Gasteiger partial charge >= 0.3 is 0 Å². The molecule has 124 heavy (non-hydrogen) atoms. The highest BCUT2D eigenvalue weighted by atomic mass is 19.2. The van der Waals surface area contributed by atoms with E-state index in [9.17, 15) is 0 Å². The SMILES string of the molecule is Cc1ccc(-c2cc(N(c3ccccc3)c3ccc4ccc5c(N(c6ccccc6)c6cc(-c7ccc(C)cc7C)c(F)cc6F)ccc6ccc3c4c65)c(F)cc2F)c(C)c1.Cc1cccc(-c2cc(N(c3ccccc3)c3ccc4ccc5c(N(c6ccccc6)c6cc(-c7cccc(C)c7C)c(F)cc6F)ccc6ccc3c4c65)c(F)cc2F)c1C. The Labute approximate surface area is 714 Å². The van der Waals surface area contributed by atoms with Gasteiger partial charge in [-0.05, 0) is 251 Å². The minimum atomic E-state index is -0.701. The third-order valence-electron chi connectivity index (χ3n) is 24.5. The molecule has 12 heteroatoms. The number of para-hydroxylation sites is 4. The fourth-order valence-corrected chi connectivity index (χ4v) is 18.2. The van der Waals surface area contributed by atoms with Crippen molar-refractivity contribution in [3.8, 4) is 44.5 Å². The highest BCUT2D eigenvalue weighted by molar-refractivity contribution is 6.30. The maximum Gasteiger partial charge on any atom is 0.150 e. The zero-order valence-corrected chi connectivity index (χ0v) is 69.1. The lowest BCUT2D eigenvalue weighted by Crippen LogP contribution is -2.14. The molecular formula is C112H80F8N4. The first kappa shape index (κ1) is 78.9. The summed E-state index contributed by atoms with van der Waals surface area (Å²) in [4.78, 5) is 7.42. The summed E-state index contributed by atoms with van der Waals surface area (Å²) < 4.78 is 129. The zero-order valence-electron chi connectivity index (χ0n) is 69.1. The molecule has 4 nitrogen and oxygen atoms in total. The molecule has 0 heterocycles. The van der Waals surface area contributed by atoms with E-state index in [1.165, 1.54) is 0 Å². The molecular weight excluding hydrogens is 1550 g/mol. The average Bonchev–Trinajstić information content (AvgIpc) is 0.720. The van der Waals surface area contributed by atoms with Crippen molar-refractivity contribution in [2.45, 2.75) is 55.4 Å². The van der Waals surface area contributed by atoms with Crippen molar-refractivity contribution in [3.05, 3.63) is 431 Å². The van der Waals surface area contributed by atoms with E-state index in [1.54, 1.807) is 24.3 Å². The molecule has 0 unspecified atom stereocenters. The molecule has 0 saturated carbocycles. The molecule has 0 bridgehead atoms. The second-order valence-electron chi connectivity index (χ2n) is 32.1. The van der Waals surface area contributed by atoms with Crippen LogP contribution in [0.5, 0.6) is 0 Å². The van der Waals surface area contributed by atoms with Gasteiger partial charge in [0.15, 0.2) is 0 Å². The fraction of sp³-hybridized carbons (Fsp3) is 0.0714. The number of hydrogen-bond donors (Lipinski definition) is 0. The number of hydrogen-bond acceptors (Lipinski definition) is 4. The molecule has 0 N–H and O–H groups in total. The molecule has 0 aliphatic heterocycles. The molecule has 0 fully saturated rings. The van der Waals surface area contributed by atoms with Gasteiger partial charge in [0.1, 0.15) is 46.5 Å². The fourth-order valence-electron chi connectivity index (χ4n) is 18.2. The van der Waals surface area contributed by atoms with Gasteiger partial charge in [0.2, 0.25) is 0 Å². The van der Waals surface area contributed by atoms with Gasteiger partial charge in [-0.2, -0.15) is 0 Å². The van der Waals surface area contributed by atoms with Crippen LogP contribution in [-0.2, 0) is 0 Å². The largest absolute Gasteiger partial charge is 0.307 e. The molecule has 20 aromatic rings. The first-order valence-corrected chi connectivity index (χ1v) is 41.2. The van der Waals surface area contributed by atoms with Crippen LogP contribution in [0.3, 0.4) is 0 Å². The van der Waals surface area contributed by atoms with Gasteiger partial charge in [-0.3, -0.25) is 0 Å². The summed E-state index contributed by atoms with van der Waals surface area (Å²) in [7, 11) is 0. The molecule has 0 amide bonds. The topological polar surface area (TPSA) is 13.0 Å². The molecule has 20 rings (SSSR count). The van der Waals surface area contributed by atoms with Gasteiger partial charge in [0, 0.05) is 90.8 Å². The Balaban J connectivity index is 0.000000163. The number of benzene rings is 20. The first-order valence-electron chi connectivity index (χ1n) is 41.2. The second kappa shape index (κ2) is 31.9. The van der Waals surface area contributed by atoms with E-state index in [-0.39, 0.29) is 22.7 Å². The predicted octanol–water partition coefficient (Wildman–Crippen LogP) is 33.3. The van der Waals surface area contributed by atoms with Gasteiger partial charge in [0.05, 0.1) is 45.5 Å². The van der Waals surface area contributed by atoms with Crippen LogP contribution in [0.25, 0.3) is 109 Å². The van der Waals surface area contributed by atoms with Crippen LogP contribution < -0.4 is 19.6 Å². The third-order valence-corrected chi connectivity index (χ3v) is 24.5. The van der Waals surface area contributed by atoms with Crippen LogP contribution in [0.15, 0.2) is 340 Å². The minimum absolute atomic E-state index is 0.199. The van der Waals surface area contributed by atoms with E-state index in [2.05, 4.69) is 0 Å². The highest BCUT2D eigenvalue weighted by Crippen LogP contribution is 2.53. The van der Waals surface area contributed by atoms with Crippen LogP contribution >= 0.6 is 0 Å². The summed E-state index contributed by atoms with van der Waals surface area (Å²) in [5.74, 6) is -5.37. The zero-order chi connectivity index (χ0) is 85.6. The summed E-state index contributed by atoms with van der Waals surface area (Å²) in [6, 6.07) is 104. The van der Waals surface area contributed by atoms with Crippen LogP contribution in [0.4, 0.5) is 103 Å². The predicted molar refractivity (Wildman–Crippen MR) is 498 cm³/mol. The average molecular weight is 1630 g/mol. The Morgan fingerprint density at radius 2 is 0.411 bits per heavy atom. The molecule has 0 atom stereocenters. The van der Waals surface area contributed by atoms with Crippen molar-refractivity contribution in [2.75, 3.05) is 19.6 Å². The molecule has 20 aromatic carbocycles. The number of aryl methyl sites for hydroxylation is 6. The van der Waals surface area contributed by atoms with Crippen molar-refractivity contribution in [2.24, 2.45) is 0 Å². The van der Waals surface area contributed by atoms with Crippen molar-refractivity contribution < 1.29 is 35.1 Å². The number of halogens is 8. The van der Waals surface area contributed by atoms with E-state index in [1.807, 2.05) is 366 Å².